The van der Waals surface area contributed by atoms with Gasteiger partial charge < -0.3 is 47.4 Å². The van der Waals surface area contributed by atoms with Gasteiger partial charge in [-0.05, 0) is 27.8 Å². The third-order valence-corrected chi connectivity index (χ3v) is 11.4. The normalized spacial score (nSPS) is 26.5. The van der Waals surface area contributed by atoms with E-state index in [-0.39, 0.29) is 46.2 Å². The van der Waals surface area contributed by atoms with E-state index in [2.05, 4.69) is 0 Å². The van der Waals surface area contributed by atoms with Crippen molar-refractivity contribution in [3.8, 4) is 0 Å². The van der Waals surface area contributed by atoms with Crippen molar-refractivity contribution in [3.63, 3.8) is 0 Å². The number of benzene rings is 5. The van der Waals surface area contributed by atoms with Crippen molar-refractivity contribution in [1.82, 2.24) is 4.90 Å². The highest BCUT2D eigenvalue weighted by molar-refractivity contribution is 5.71. The second-order valence-electron chi connectivity index (χ2n) is 16.0. The molecule has 0 bridgehead atoms. The Bertz CT molecular complexity index is 2170. The average molecular weight is 874 g/mol. The molecule has 5 aromatic carbocycles. The lowest BCUT2D eigenvalue weighted by Crippen LogP contribution is -2.64. The topological polar surface area (TPSA) is 130 Å². The van der Waals surface area contributed by atoms with E-state index in [1.54, 1.807) is 12.0 Å². The van der Waals surface area contributed by atoms with E-state index >= 15 is 0 Å². The predicted molar refractivity (Wildman–Crippen MR) is 233 cm³/mol. The fourth-order valence-corrected chi connectivity index (χ4v) is 8.34. The van der Waals surface area contributed by atoms with E-state index in [0.717, 1.165) is 27.8 Å². The molecule has 5 unspecified atom stereocenters. The van der Waals surface area contributed by atoms with Gasteiger partial charge in [-0.1, -0.05) is 152 Å². The summed E-state index contributed by atoms with van der Waals surface area (Å²) in [4.78, 5) is 28.0. The van der Waals surface area contributed by atoms with Crippen molar-refractivity contribution in [2.75, 3.05) is 20.3 Å². The maximum atomic E-state index is 13.8. The first-order valence-corrected chi connectivity index (χ1v) is 21.7. The number of methoxy groups -OCH3 is 1. The van der Waals surface area contributed by atoms with Crippen molar-refractivity contribution >= 4 is 12.1 Å². The van der Waals surface area contributed by atoms with Gasteiger partial charge in [-0.15, -0.1) is 0 Å². The number of carbonyl (C=O) groups excluding carboxylic acids is 2. The lowest BCUT2D eigenvalue weighted by atomic mass is 9.95. The molecule has 1 amide bonds. The Morgan fingerprint density at radius 1 is 0.531 bits per heavy atom. The Balaban J connectivity index is 1.10. The Labute approximate surface area is 374 Å². The summed E-state index contributed by atoms with van der Waals surface area (Å²) in [6.45, 7) is 2.47. The van der Waals surface area contributed by atoms with Crippen molar-refractivity contribution < 1.29 is 57.0 Å². The van der Waals surface area contributed by atoms with Gasteiger partial charge in [0.1, 0.15) is 36.6 Å². The molecule has 3 aliphatic heterocycles. The van der Waals surface area contributed by atoms with Crippen LogP contribution < -0.4 is 0 Å². The third-order valence-electron chi connectivity index (χ3n) is 11.4. The van der Waals surface area contributed by atoms with Crippen LogP contribution in [0.25, 0.3) is 0 Å². The number of hydrogen-bond acceptors (Lipinski definition) is 12. The van der Waals surface area contributed by atoms with Crippen LogP contribution in [0.2, 0.25) is 0 Å². The van der Waals surface area contributed by atoms with E-state index in [4.69, 9.17) is 47.4 Å². The van der Waals surface area contributed by atoms with Gasteiger partial charge in [0.15, 0.2) is 24.8 Å². The van der Waals surface area contributed by atoms with Crippen molar-refractivity contribution in [1.29, 1.82) is 0 Å². The van der Waals surface area contributed by atoms with Crippen LogP contribution in [0.1, 0.15) is 34.7 Å². The summed E-state index contributed by atoms with van der Waals surface area (Å²) in [5, 5.41) is 0. The third kappa shape index (κ3) is 11.6. The van der Waals surface area contributed by atoms with Crippen LogP contribution in [0.3, 0.4) is 0 Å². The molecular weight excluding hydrogens is 819 g/mol. The van der Waals surface area contributed by atoms with Crippen molar-refractivity contribution in [3.05, 3.63) is 179 Å². The second kappa shape index (κ2) is 22.4. The molecule has 64 heavy (non-hydrogen) atoms. The number of fused-ring (bicyclic) bond motifs is 1. The minimum Gasteiger partial charge on any atom is -0.456 e. The molecule has 10 atom stereocenters. The summed E-state index contributed by atoms with van der Waals surface area (Å²) in [6, 6.07) is 48.0. The van der Waals surface area contributed by atoms with E-state index in [0.29, 0.717) is 0 Å². The lowest BCUT2D eigenvalue weighted by molar-refractivity contribution is -0.335. The number of amides is 1. The highest BCUT2D eigenvalue weighted by Crippen LogP contribution is 2.38. The number of rotatable bonds is 20. The zero-order valence-electron chi connectivity index (χ0n) is 36.0. The van der Waals surface area contributed by atoms with Gasteiger partial charge in [-0.2, -0.15) is 0 Å². The number of carbonyl (C=O) groups is 2. The molecule has 13 nitrogen and oxygen atoms in total. The molecule has 0 spiro atoms. The first-order valence-electron chi connectivity index (χ1n) is 21.7. The predicted octanol–water partition coefficient (Wildman–Crippen LogP) is 7.39. The van der Waals surface area contributed by atoms with Crippen molar-refractivity contribution in [2.24, 2.45) is 0 Å². The molecule has 336 valence electrons. The van der Waals surface area contributed by atoms with Crippen LogP contribution in [0.5, 0.6) is 0 Å². The fraction of sp³-hybridized carbons (Fsp3) is 0.373. The van der Waals surface area contributed by atoms with Gasteiger partial charge in [-0.3, -0.25) is 9.69 Å². The number of nitrogens with zero attached hydrogens (tertiary/aromatic N) is 1. The van der Waals surface area contributed by atoms with Crippen LogP contribution >= 0.6 is 0 Å². The standard InChI is InChI=1S/C51H55NO12/c1-35(53)61-45-41(33-56-29-37-20-10-4-11-21-37)62-49(43-46(45)64-51(54)52(43)28-36-18-8-3-9-19-36)60-34-42-44(57-30-38-22-12-5-13-23-38)47(58-31-39-24-14-6-15-25-39)48(50(55-2)63-42)59-32-40-26-16-7-17-27-40/h3-27,41-50H,28-34H2,1-2H3/t41?,42?,43?,44-,45+,46-,47-,48?,49?,50-/m1/s1. The van der Waals surface area contributed by atoms with Crippen molar-refractivity contribution in [2.45, 2.75) is 101 Å². The molecule has 0 aliphatic carbocycles. The molecule has 3 fully saturated rings. The highest BCUT2D eigenvalue weighted by atomic mass is 16.7. The molecule has 0 N–H and O–H groups in total. The quantitative estimate of drug-likeness (QED) is 0.0724. The minimum atomic E-state index is -1.09. The number of esters is 1. The Morgan fingerprint density at radius 3 is 1.50 bits per heavy atom. The molecule has 3 heterocycles. The van der Waals surface area contributed by atoms with Gasteiger partial charge in [-0.25, -0.2) is 4.79 Å². The van der Waals surface area contributed by atoms with Gasteiger partial charge in [0, 0.05) is 20.6 Å². The summed E-state index contributed by atoms with van der Waals surface area (Å²) in [7, 11) is 1.56. The first-order chi connectivity index (χ1) is 31.4. The summed E-state index contributed by atoms with van der Waals surface area (Å²) in [6.07, 6.45) is -8.38. The summed E-state index contributed by atoms with van der Waals surface area (Å²) in [5.41, 5.74) is 4.70. The summed E-state index contributed by atoms with van der Waals surface area (Å²) < 4.78 is 64.6. The zero-order valence-corrected chi connectivity index (χ0v) is 36.0. The molecule has 0 radical (unpaired) electrons. The second-order valence-corrected chi connectivity index (χ2v) is 16.0. The maximum absolute atomic E-state index is 13.8. The first kappa shape index (κ1) is 45.1. The molecule has 3 saturated heterocycles. The minimum absolute atomic E-state index is 0.0104. The summed E-state index contributed by atoms with van der Waals surface area (Å²) >= 11 is 0. The average Bonchev–Trinajstić information content (AvgIpc) is 3.66. The largest absolute Gasteiger partial charge is 0.456 e. The van der Waals surface area contributed by atoms with E-state index in [9.17, 15) is 9.59 Å². The SMILES string of the molecule is CO[C@@H]1OC(COC2OC(COCc3ccccc3)[C@H](OC(C)=O)[C@@H]3OC(=O)N(Cc4ccccc4)C23)[C@@H](OCc2ccccc2)[C@@H](OCc2ccccc2)C1OCc1ccccc1. The Hall–Kier alpha value is -5.48. The van der Waals surface area contributed by atoms with Gasteiger partial charge >= 0.3 is 12.1 Å². The number of hydrogen-bond donors (Lipinski definition) is 0. The fourth-order valence-electron chi connectivity index (χ4n) is 8.34. The highest BCUT2D eigenvalue weighted by Gasteiger charge is 2.59. The molecule has 0 aromatic heterocycles. The van der Waals surface area contributed by atoms with Crippen LogP contribution in [0.4, 0.5) is 4.79 Å². The molecule has 5 aromatic rings. The zero-order chi connectivity index (χ0) is 44.1. The monoisotopic (exact) mass is 873 g/mol. The van der Waals surface area contributed by atoms with Crippen LogP contribution in [-0.4, -0.2) is 98.6 Å². The molecule has 3 aliphatic rings. The molecule has 8 rings (SSSR count). The summed E-state index contributed by atoms with van der Waals surface area (Å²) in [5.74, 6) is -0.553. The van der Waals surface area contributed by atoms with Crippen LogP contribution in [-0.2, 0) is 85.1 Å². The van der Waals surface area contributed by atoms with Gasteiger partial charge in [0.25, 0.3) is 0 Å². The van der Waals surface area contributed by atoms with E-state index in [1.165, 1.54) is 6.92 Å². The Kier molecular flexibility index (Phi) is 15.8. The van der Waals surface area contributed by atoms with Gasteiger partial charge in [0.05, 0.1) is 39.6 Å². The Morgan fingerprint density at radius 2 is 0.984 bits per heavy atom. The molecule has 0 saturated carbocycles. The molecular formula is C51H55NO12. The smallest absolute Gasteiger partial charge is 0.411 e. The van der Waals surface area contributed by atoms with Crippen LogP contribution in [0, 0.1) is 0 Å². The van der Waals surface area contributed by atoms with Crippen LogP contribution in [0.15, 0.2) is 152 Å². The lowest BCUT2D eigenvalue weighted by Gasteiger charge is -2.47. The van der Waals surface area contributed by atoms with E-state index < -0.39 is 73.4 Å². The van der Waals surface area contributed by atoms with Gasteiger partial charge in [0.2, 0.25) is 0 Å². The maximum Gasteiger partial charge on any atom is 0.411 e. The van der Waals surface area contributed by atoms with E-state index in [1.807, 2.05) is 152 Å². The number of ether oxygens (including phenoxy) is 10. The molecule has 13 heteroatoms.